The molecule has 2 N–H and O–H groups in total. The lowest BCUT2D eigenvalue weighted by atomic mass is 9.86. The minimum atomic E-state index is -0.729. The molecule has 1 aromatic carbocycles. The second-order valence-corrected chi connectivity index (χ2v) is 7.27. The molecule has 6 heteroatoms. The quantitative estimate of drug-likeness (QED) is 0.861. The predicted molar refractivity (Wildman–Crippen MR) is 88.8 cm³/mol. The van der Waals surface area contributed by atoms with Gasteiger partial charge in [-0.2, -0.15) is 0 Å². The molecule has 0 heterocycles. The number of carboxylic acid groups (broad SMARTS) is 1. The van der Waals surface area contributed by atoms with E-state index in [0.29, 0.717) is 22.9 Å². The minimum Gasteiger partial charge on any atom is -0.481 e. The third-order valence-electron chi connectivity index (χ3n) is 4.93. The lowest BCUT2D eigenvalue weighted by Gasteiger charge is -2.26. The third kappa shape index (κ3) is 3.64. The summed E-state index contributed by atoms with van der Waals surface area (Å²) in [5.74, 6) is -0.862. The maximum atomic E-state index is 12.4. The zero-order valence-corrected chi connectivity index (χ0v) is 14.1. The molecule has 0 aliphatic heterocycles. The Balaban J connectivity index is 1.53. The van der Waals surface area contributed by atoms with Gasteiger partial charge in [0, 0.05) is 12.0 Å². The van der Waals surface area contributed by atoms with Gasteiger partial charge >= 0.3 is 5.97 Å². The first kappa shape index (κ1) is 16.6. The molecule has 2 aliphatic carbocycles. The van der Waals surface area contributed by atoms with Crippen LogP contribution in [0.4, 0.5) is 0 Å². The number of carbonyl (C=O) groups is 2. The van der Waals surface area contributed by atoms with Crippen LogP contribution in [0.5, 0.6) is 0 Å². The van der Waals surface area contributed by atoms with Gasteiger partial charge in [0.2, 0.25) is 5.91 Å². The van der Waals surface area contributed by atoms with Crippen LogP contribution in [-0.2, 0) is 9.59 Å². The number of hydrogen-bond acceptors (Lipinski definition) is 2. The summed E-state index contributed by atoms with van der Waals surface area (Å²) in [5.41, 5.74) is 0.939. The van der Waals surface area contributed by atoms with Crippen molar-refractivity contribution >= 4 is 35.1 Å². The lowest BCUT2D eigenvalue weighted by molar-refractivity contribution is -0.142. The molecule has 2 saturated carbocycles. The second kappa shape index (κ2) is 6.70. The summed E-state index contributed by atoms with van der Waals surface area (Å²) in [5, 5.41) is 13.1. The van der Waals surface area contributed by atoms with E-state index >= 15 is 0 Å². The van der Waals surface area contributed by atoms with E-state index in [9.17, 15) is 9.59 Å². The van der Waals surface area contributed by atoms with Crippen molar-refractivity contribution in [3.05, 3.63) is 33.8 Å². The second-order valence-electron chi connectivity index (χ2n) is 6.49. The van der Waals surface area contributed by atoms with Crippen molar-refractivity contribution in [3.63, 3.8) is 0 Å². The number of benzene rings is 1. The zero-order valence-electron chi connectivity index (χ0n) is 12.6. The Morgan fingerprint density at radius 2 is 1.83 bits per heavy atom. The molecule has 23 heavy (non-hydrogen) atoms. The summed E-state index contributed by atoms with van der Waals surface area (Å²) in [6.45, 7) is 0. The van der Waals surface area contributed by atoms with E-state index in [1.54, 1.807) is 6.07 Å². The summed E-state index contributed by atoms with van der Waals surface area (Å²) in [6.07, 6.45) is 3.52. The molecule has 2 aliphatic rings. The summed E-state index contributed by atoms with van der Waals surface area (Å²) >= 11 is 12.2. The number of rotatable bonds is 4. The highest BCUT2D eigenvalue weighted by molar-refractivity contribution is 6.42. The fourth-order valence-electron chi connectivity index (χ4n) is 3.43. The molecular formula is C17H19Cl2NO3. The standard InChI is InChI=1S/C17H19Cl2NO3/c18-14-3-1-2-11(15(14)19)12-8-13(12)16(21)20-10-6-4-9(5-7-10)17(22)23/h1-3,9-10,12-13H,4-8H2,(H,20,21)(H,22,23). The first-order valence-electron chi connectivity index (χ1n) is 7.94. The van der Waals surface area contributed by atoms with Gasteiger partial charge in [0.05, 0.1) is 16.0 Å². The van der Waals surface area contributed by atoms with Crippen LogP contribution in [0, 0.1) is 11.8 Å². The van der Waals surface area contributed by atoms with Gasteiger partial charge in [-0.15, -0.1) is 0 Å². The number of carbonyl (C=O) groups excluding carboxylic acids is 1. The highest BCUT2D eigenvalue weighted by atomic mass is 35.5. The topological polar surface area (TPSA) is 66.4 Å². The van der Waals surface area contributed by atoms with Crippen LogP contribution in [-0.4, -0.2) is 23.0 Å². The van der Waals surface area contributed by atoms with Crippen molar-refractivity contribution in [2.24, 2.45) is 11.8 Å². The van der Waals surface area contributed by atoms with Crippen molar-refractivity contribution in [3.8, 4) is 0 Å². The van der Waals surface area contributed by atoms with Crippen molar-refractivity contribution in [2.75, 3.05) is 0 Å². The largest absolute Gasteiger partial charge is 0.481 e. The number of amides is 1. The van der Waals surface area contributed by atoms with Gasteiger partial charge < -0.3 is 10.4 Å². The van der Waals surface area contributed by atoms with Crippen LogP contribution < -0.4 is 5.32 Å². The molecule has 1 aromatic rings. The van der Waals surface area contributed by atoms with Crippen LogP contribution in [0.25, 0.3) is 0 Å². The average molecular weight is 356 g/mol. The van der Waals surface area contributed by atoms with Crippen LogP contribution in [0.1, 0.15) is 43.6 Å². The number of hydrogen-bond donors (Lipinski definition) is 2. The van der Waals surface area contributed by atoms with Crippen molar-refractivity contribution < 1.29 is 14.7 Å². The van der Waals surface area contributed by atoms with Crippen molar-refractivity contribution in [1.29, 1.82) is 0 Å². The first-order chi connectivity index (χ1) is 11.0. The van der Waals surface area contributed by atoms with Gasteiger partial charge in [0.15, 0.2) is 0 Å². The fourth-order valence-corrected chi connectivity index (χ4v) is 3.88. The third-order valence-corrected chi connectivity index (χ3v) is 5.76. The SMILES string of the molecule is O=C(O)C1CCC(NC(=O)C2CC2c2cccc(Cl)c2Cl)CC1. The van der Waals surface area contributed by atoms with E-state index < -0.39 is 5.97 Å². The molecule has 0 aromatic heterocycles. The normalized spacial score (nSPS) is 29.8. The van der Waals surface area contributed by atoms with Gasteiger partial charge in [-0.1, -0.05) is 35.3 Å². The molecule has 2 atom stereocenters. The predicted octanol–water partition coefficient (Wildman–Crippen LogP) is 3.86. The van der Waals surface area contributed by atoms with Gasteiger partial charge in [-0.25, -0.2) is 0 Å². The van der Waals surface area contributed by atoms with Gasteiger partial charge in [-0.3, -0.25) is 9.59 Å². The molecule has 1 amide bonds. The lowest BCUT2D eigenvalue weighted by Crippen LogP contribution is -2.39. The zero-order chi connectivity index (χ0) is 16.6. The number of halogens is 2. The van der Waals surface area contributed by atoms with E-state index in [1.807, 2.05) is 12.1 Å². The van der Waals surface area contributed by atoms with Crippen molar-refractivity contribution in [2.45, 2.75) is 44.1 Å². The molecule has 4 nitrogen and oxygen atoms in total. The van der Waals surface area contributed by atoms with Gasteiger partial charge in [-0.05, 0) is 49.7 Å². The smallest absolute Gasteiger partial charge is 0.306 e. The molecule has 0 bridgehead atoms. The summed E-state index contributed by atoms with van der Waals surface area (Å²) < 4.78 is 0. The Kier molecular flexibility index (Phi) is 4.83. The van der Waals surface area contributed by atoms with E-state index in [-0.39, 0.29) is 29.7 Å². The number of carboxylic acids is 1. The van der Waals surface area contributed by atoms with Crippen LogP contribution in [0.2, 0.25) is 10.0 Å². The summed E-state index contributed by atoms with van der Waals surface area (Å²) in [6, 6.07) is 5.61. The molecule has 3 rings (SSSR count). The molecule has 2 unspecified atom stereocenters. The maximum Gasteiger partial charge on any atom is 0.306 e. The van der Waals surface area contributed by atoms with E-state index in [2.05, 4.69) is 5.32 Å². The fraction of sp³-hybridized carbons (Fsp3) is 0.529. The van der Waals surface area contributed by atoms with E-state index in [1.165, 1.54) is 0 Å². The van der Waals surface area contributed by atoms with Crippen LogP contribution in [0.3, 0.4) is 0 Å². The Bertz CT molecular complexity index is 626. The summed E-state index contributed by atoms with van der Waals surface area (Å²) in [4.78, 5) is 23.3. The van der Waals surface area contributed by atoms with Crippen LogP contribution in [0.15, 0.2) is 18.2 Å². The monoisotopic (exact) mass is 355 g/mol. The van der Waals surface area contributed by atoms with E-state index in [4.69, 9.17) is 28.3 Å². The summed E-state index contributed by atoms with van der Waals surface area (Å²) in [7, 11) is 0. The molecule has 0 spiro atoms. The molecule has 0 saturated heterocycles. The molecule has 2 fully saturated rings. The maximum absolute atomic E-state index is 12.4. The number of nitrogens with one attached hydrogen (secondary N) is 1. The Labute approximate surface area is 145 Å². The van der Waals surface area contributed by atoms with Gasteiger partial charge in [0.25, 0.3) is 0 Å². The Morgan fingerprint density at radius 1 is 1.13 bits per heavy atom. The average Bonchev–Trinajstić information content (AvgIpc) is 3.31. The molecule has 0 radical (unpaired) electrons. The van der Waals surface area contributed by atoms with Crippen molar-refractivity contribution in [1.82, 2.24) is 5.32 Å². The minimum absolute atomic E-state index is 0.0461. The van der Waals surface area contributed by atoms with Gasteiger partial charge in [0.1, 0.15) is 0 Å². The number of aliphatic carboxylic acids is 1. The van der Waals surface area contributed by atoms with Crippen LogP contribution >= 0.6 is 23.2 Å². The Hall–Kier alpha value is -1.26. The highest BCUT2D eigenvalue weighted by Crippen LogP contribution is 2.50. The molecule has 124 valence electrons. The first-order valence-corrected chi connectivity index (χ1v) is 8.70. The highest BCUT2D eigenvalue weighted by Gasteiger charge is 2.45. The Morgan fingerprint density at radius 3 is 2.48 bits per heavy atom. The molecular weight excluding hydrogens is 337 g/mol. The van der Waals surface area contributed by atoms with E-state index in [0.717, 1.165) is 24.8 Å².